The number of carbonyl (C=O) groups excluding carboxylic acids is 1. The topological polar surface area (TPSA) is 94.8 Å². The first-order valence-electron chi connectivity index (χ1n) is 10.5. The van der Waals surface area contributed by atoms with Crippen LogP contribution in [0.1, 0.15) is 91.4 Å². The van der Waals surface area contributed by atoms with Gasteiger partial charge >= 0.3 is 5.97 Å². The van der Waals surface area contributed by atoms with Crippen molar-refractivity contribution in [2.24, 2.45) is 10.8 Å². The molecule has 4 atom stereocenters. The molecule has 1 saturated carbocycles. The fourth-order valence-electron chi connectivity index (χ4n) is 4.10. The summed E-state index contributed by atoms with van der Waals surface area (Å²) < 4.78 is 0. The van der Waals surface area contributed by atoms with Gasteiger partial charge in [-0.2, -0.15) is 0 Å². The minimum atomic E-state index is -0.772. The second-order valence-corrected chi connectivity index (χ2v) is 8.49. The SMILES string of the molecule is CCCCCC(O)C=C[C@]1(C)[C@@H](O)CC(=O)[C@@]1(C)CCCCCCC(=O)O. The molecule has 0 aromatic carbocycles. The highest BCUT2D eigenvalue weighted by Crippen LogP contribution is 2.54. The van der Waals surface area contributed by atoms with Crippen molar-refractivity contribution in [3.63, 3.8) is 0 Å². The highest BCUT2D eigenvalue weighted by atomic mass is 16.4. The summed E-state index contributed by atoms with van der Waals surface area (Å²) in [5.74, 6) is -0.695. The van der Waals surface area contributed by atoms with Gasteiger partial charge in [0.15, 0.2) is 0 Å². The molecule has 0 spiro atoms. The fraction of sp³-hybridized carbons (Fsp3) is 0.818. The van der Waals surface area contributed by atoms with Crippen LogP contribution in [0.25, 0.3) is 0 Å². The lowest BCUT2D eigenvalue weighted by Crippen LogP contribution is -2.41. The zero-order valence-electron chi connectivity index (χ0n) is 17.2. The Bertz CT molecular complexity index is 515. The van der Waals surface area contributed by atoms with E-state index in [1.54, 1.807) is 6.08 Å². The van der Waals surface area contributed by atoms with Crippen LogP contribution in [0, 0.1) is 10.8 Å². The molecule has 3 N–H and O–H groups in total. The molecule has 5 heteroatoms. The Morgan fingerprint density at radius 1 is 1.19 bits per heavy atom. The minimum absolute atomic E-state index is 0.0770. The van der Waals surface area contributed by atoms with E-state index in [2.05, 4.69) is 6.92 Å². The predicted octanol–water partition coefficient (Wildman–Crippen LogP) is 4.26. The number of hydrogen-bond acceptors (Lipinski definition) is 4. The maximum Gasteiger partial charge on any atom is 0.303 e. The number of unbranched alkanes of at least 4 members (excludes halogenated alkanes) is 5. The molecule has 0 bridgehead atoms. The van der Waals surface area contributed by atoms with Crippen molar-refractivity contribution in [2.75, 3.05) is 0 Å². The van der Waals surface area contributed by atoms with Crippen LogP contribution in [0.2, 0.25) is 0 Å². The van der Waals surface area contributed by atoms with Crippen LogP contribution in [-0.2, 0) is 9.59 Å². The number of carbonyl (C=O) groups is 2. The monoisotopic (exact) mass is 382 g/mol. The highest BCUT2D eigenvalue weighted by Gasteiger charge is 2.57. The predicted molar refractivity (Wildman–Crippen MR) is 106 cm³/mol. The number of carboxylic acids is 1. The number of aliphatic carboxylic acids is 1. The number of aliphatic hydroxyl groups excluding tert-OH is 2. The average Bonchev–Trinajstić information content (AvgIpc) is 2.77. The Labute approximate surface area is 163 Å². The number of carboxylic acid groups (broad SMARTS) is 1. The van der Waals surface area contributed by atoms with Crippen molar-refractivity contribution < 1.29 is 24.9 Å². The van der Waals surface area contributed by atoms with Gasteiger partial charge in [-0.25, -0.2) is 0 Å². The number of rotatable bonds is 13. The summed E-state index contributed by atoms with van der Waals surface area (Å²) in [5, 5.41) is 29.4. The maximum absolute atomic E-state index is 12.7. The fourth-order valence-corrected chi connectivity index (χ4v) is 4.10. The zero-order valence-corrected chi connectivity index (χ0v) is 17.2. The number of aliphatic hydroxyl groups is 2. The second kappa shape index (κ2) is 11.0. The summed E-state index contributed by atoms with van der Waals surface area (Å²) in [6.07, 6.45) is 10.4. The van der Waals surface area contributed by atoms with Crippen LogP contribution in [0.4, 0.5) is 0 Å². The standard InChI is InChI=1S/C22H38O5/c1-4-5-8-11-17(23)13-15-22(3)19(25)16-18(24)21(22,2)14-10-7-6-9-12-20(26)27/h13,15,17,19,23,25H,4-12,14,16H2,1-3H3,(H,26,27)/t17?,19-,21+,22+/m0/s1. The van der Waals surface area contributed by atoms with Crippen molar-refractivity contribution >= 4 is 11.8 Å². The molecule has 1 unspecified atom stereocenters. The highest BCUT2D eigenvalue weighted by molar-refractivity contribution is 5.89. The van der Waals surface area contributed by atoms with Gasteiger partial charge in [-0.05, 0) is 19.3 Å². The normalized spacial score (nSPS) is 29.5. The molecule has 0 saturated heterocycles. The Morgan fingerprint density at radius 2 is 1.85 bits per heavy atom. The molecule has 0 aromatic rings. The first kappa shape index (κ1) is 23.8. The molecule has 0 heterocycles. The summed E-state index contributed by atoms with van der Waals surface area (Å²) in [6, 6.07) is 0. The maximum atomic E-state index is 12.7. The van der Waals surface area contributed by atoms with Crippen molar-refractivity contribution in [3.05, 3.63) is 12.2 Å². The van der Waals surface area contributed by atoms with E-state index in [1.807, 2.05) is 19.9 Å². The van der Waals surface area contributed by atoms with Crippen LogP contribution >= 0.6 is 0 Å². The van der Waals surface area contributed by atoms with E-state index in [4.69, 9.17) is 5.11 Å². The third-order valence-corrected chi connectivity index (χ3v) is 6.46. The Kier molecular flexibility index (Phi) is 9.68. The molecule has 1 aliphatic rings. The van der Waals surface area contributed by atoms with Gasteiger partial charge in [0.05, 0.1) is 12.2 Å². The van der Waals surface area contributed by atoms with E-state index in [-0.39, 0.29) is 18.6 Å². The number of hydrogen-bond donors (Lipinski definition) is 3. The van der Waals surface area contributed by atoms with Gasteiger partial charge in [-0.1, -0.05) is 71.4 Å². The van der Waals surface area contributed by atoms with Crippen LogP contribution < -0.4 is 0 Å². The molecule has 5 nitrogen and oxygen atoms in total. The van der Waals surface area contributed by atoms with Gasteiger partial charge in [0.2, 0.25) is 0 Å². The summed E-state index contributed by atoms with van der Waals surface area (Å²) in [6.45, 7) is 5.97. The molecule has 0 amide bonds. The average molecular weight is 383 g/mol. The third-order valence-electron chi connectivity index (χ3n) is 6.46. The Morgan fingerprint density at radius 3 is 2.48 bits per heavy atom. The van der Waals surface area contributed by atoms with Gasteiger partial charge in [0.1, 0.15) is 5.78 Å². The van der Waals surface area contributed by atoms with Gasteiger partial charge < -0.3 is 15.3 Å². The Hall–Kier alpha value is -1.20. The van der Waals surface area contributed by atoms with Crippen LogP contribution in [0.5, 0.6) is 0 Å². The molecular formula is C22H38O5. The first-order valence-corrected chi connectivity index (χ1v) is 10.5. The van der Waals surface area contributed by atoms with E-state index < -0.39 is 29.0 Å². The van der Waals surface area contributed by atoms with Crippen molar-refractivity contribution in [2.45, 2.75) is 104 Å². The first-order chi connectivity index (χ1) is 12.7. The molecule has 0 aliphatic heterocycles. The van der Waals surface area contributed by atoms with E-state index in [9.17, 15) is 19.8 Å². The van der Waals surface area contributed by atoms with Crippen LogP contribution in [0.3, 0.4) is 0 Å². The zero-order chi connectivity index (χ0) is 20.5. The van der Waals surface area contributed by atoms with Crippen molar-refractivity contribution in [3.8, 4) is 0 Å². The van der Waals surface area contributed by atoms with E-state index in [0.717, 1.165) is 38.5 Å². The van der Waals surface area contributed by atoms with Crippen molar-refractivity contribution in [1.82, 2.24) is 0 Å². The van der Waals surface area contributed by atoms with Crippen molar-refractivity contribution in [1.29, 1.82) is 0 Å². The molecule has 27 heavy (non-hydrogen) atoms. The lowest BCUT2D eigenvalue weighted by molar-refractivity contribution is -0.137. The second-order valence-electron chi connectivity index (χ2n) is 8.49. The van der Waals surface area contributed by atoms with E-state index in [0.29, 0.717) is 19.3 Å². The summed E-state index contributed by atoms with van der Waals surface area (Å²) in [4.78, 5) is 23.2. The molecule has 1 rings (SSSR count). The van der Waals surface area contributed by atoms with Gasteiger partial charge in [0, 0.05) is 23.7 Å². The molecule has 0 radical (unpaired) electrons. The van der Waals surface area contributed by atoms with E-state index in [1.165, 1.54) is 0 Å². The number of ketones is 1. The van der Waals surface area contributed by atoms with E-state index >= 15 is 0 Å². The lowest BCUT2D eigenvalue weighted by atomic mass is 9.64. The molecular weight excluding hydrogens is 344 g/mol. The molecule has 156 valence electrons. The summed E-state index contributed by atoms with van der Waals surface area (Å²) in [5.41, 5.74) is -1.34. The smallest absolute Gasteiger partial charge is 0.303 e. The van der Waals surface area contributed by atoms with Gasteiger partial charge in [-0.15, -0.1) is 0 Å². The third kappa shape index (κ3) is 6.42. The molecule has 1 aliphatic carbocycles. The van der Waals surface area contributed by atoms with Gasteiger partial charge in [-0.3, -0.25) is 9.59 Å². The van der Waals surface area contributed by atoms with Crippen LogP contribution in [-0.4, -0.2) is 39.3 Å². The molecule has 1 fully saturated rings. The van der Waals surface area contributed by atoms with Gasteiger partial charge in [0.25, 0.3) is 0 Å². The summed E-state index contributed by atoms with van der Waals surface area (Å²) in [7, 11) is 0. The minimum Gasteiger partial charge on any atom is -0.481 e. The summed E-state index contributed by atoms with van der Waals surface area (Å²) >= 11 is 0. The molecule has 0 aromatic heterocycles. The quantitative estimate of drug-likeness (QED) is 0.327. The number of Topliss-reactive ketones (excluding diaryl/α,β-unsaturated/α-hetero) is 1. The largest absolute Gasteiger partial charge is 0.481 e. The lowest BCUT2D eigenvalue weighted by Gasteiger charge is -2.40. The van der Waals surface area contributed by atoms with Crippen LogP contribution in [0.15, 0.2) is 12.2 Å². The Balaban J connectivity index is 2.68.